The second-order valence-corrected chi connectivity index (χ2v) is 9.95. The Kier molecular flexibility index (Phi) is 8.22. The van der Waals surface area contributed by atoms with Crippen LogP contribution in [0.15, 0.2) is 48.5 Å². The molecule has 1 saturated heterocycles. The van der Waals surface area contributed by atoms with Crippen LogP contribution in [-0.4, -0.2) is 69.3 Å². The number of nitrogens with one attached hydrogen (secondary N) is 2. The summed E-state index contributed by atoms with van der Waals surface area (Å²) < 4.78 is 53.2. The molecule has 1 heterocycles. The van der Waals surface area contributed by atoms with E-state index in [0.29, 0.717) is 17.0 Å². The van der Waals surface area contributed by atoms with Gasteiger partial charge in [0.1, 0.15) is 5.75 Å². The lowest BCUT2D eigenvalue weighted by Gasteiger charge is -2.33. The van der Waals surface area contributed by atoms with Crippen molar-refractivity contribution in [2.75, 3.05) is 36.6 Å². The first-order chi connectivity index (χ1) is 16.6. The van der Waals surface area contributed by atoms with Crippen molar-refractivity contribution in [3.05, 3.63) is 59.7 Å². The van der Waals surface area contributed by atoms with E-state index in [-0.39, 0.29) is 42.7 Å². The molecule has 3 rings (SSSR count). The molecule has 2 aromatic rings. The predicted molar refractivity (Wildman–Crippen MR) is 123 cm³/mol. The topological polar surface area (TPSA) is 125 Å². The highest BCUT2D eigenvalue weighted by atomic mass is 32.2. The fraction of sp³-hybridized carbons (Fsp3) is 0.318. The fourth-order valence-electron chi connectivity index (χ4n) is 3.30. The van der Waals surface area contributed by atoms with Crippen LogP contribution in [0.5, 0.6) is 5.75 Å². The molecular weight excluding hydrogens is 486 g/mol. The van der Waals surface area contributed by atoms with Gasteiger partial charge in [-0.3, -0.25) is 25.3 Å². The van der Waals surface area contributed by atoms with Crippen molar-refractivity contribution in [3.8, 4) is 5.75 Å². The van der Waals surface area contributed by atoms with E-state index in [0.717, 1.165) is 0 Å². The Morgan fingerprint density at radius 2 is 1.60 bits per heavy atom. The number of rotatable bonds is 6. The van der Waals surface area contributed by atoms with E-state index < -0.39 is 28.1 Å². The van der Waals surface area contributed by atoms with Crippen molar-refractivity contribution >= 4 is 33.4 Å². The van der Waals surface area contributed by atoms with Crippen LogP contribution in [0.3, 0.4) is 0 Å². The van der Waals surface area contributed by atoms with Gasteiger partial charge in [-0.1, -0.05) is 12.1 Å². The Morgan fingerprint density at radius 3 is 2.14 bits per heavy atom. The van der Waals surface area contributed by atoms with Crippen LogP contribution in [0.1, 0.15) is 15.9 Å². The molecular formula is C22H24F2N4O6S. The molecule has 0 saturated carbocycles. The van der Waals surface area contributed by atoms with Gasteiger partial charge >= 0.3 is 18.4 Å². The maximum Gasteiger partial charge on any atom is 0.324 e. The van der Waals surface area contributed by atoms with Crippen molar-refractivity contribution in [1.29, 1.82) is 0 Å². The van der Waals surface area contributed by atoms with Crippen LogP contribution in [0.25, 0.3) is 0 Å². The van der Waals surface area contributed by atoms with E-state index in [1.165, 1.54) is 29.0 Å². The number of sulfone groups is 1. The summed E-state index contributed by atoms with van der Waals surface area (Å²) >= 11 is 0. The predicted octanol–water partition coefficient (Wildman–Crippen LogP) is 1.58. The number of alkyl halides is 2. The van der Waals surface area contributed by atoms with Gasteiger partial charge in [0.25, 0.3) is 5.91 Å². The number of anilines is 1. The monoisotopic (exact) mass is 510 g/mol. The average molecular weight is 511 g/mol. The number of halogens is 2. The van der Waals surface area contributed by atoms with Gasteiger partial charge in [-0.15, -0.1) is 0 Å². The molecule has 1 aliphatic rings. The molecule has 2 N–H and O–H groups in total. The lowest BCUT2D eigenvalue weighted by Crippen LogP contribution is -2.49. The normalized spacial score (nSPS) is 14.8. The molecule has 0 spiro atoms. The van der Waals surface area contributed by atoms with Crippen LogP contribution >= 0.6 is 0 Å². The fourth-order valence-corrected chi connectivity index (χ4v) is 4.50. The Bertz CT molecular complexity index is 1160. The lowest BCUT2D eigenvalue weighted by molar-refractivity contribution is -0.132. The summed E-state index contributed by atoms with van der Waals surface area (Å²) in [6, 6.07) is 12.4. The molecule has 13 heteroatoms. The molecule has 35 heavy (non-hydrogen) atoms. The van der Waals surface area contributed by atoms with Crippen molar-refractivity contribution in [1.82, 2.24) is 15.8 Å². The second kappa shape index (κ2) is 11.1. The van der Waals surface area contributed by atoms with Gasteiger partial charge in [-0.25, -0.2) is 13.2 Å². The molecule has 2 aromatic carbocycles. The summed E-state index contributed by atoms with van der Waals surface area (Å²) in [4.78, 5) is 39.2. The number of methoxy groups -OCH3 is 1. The molecule has 188 valence electrons. The first-order valence-electron chi connectivity index (χ1n) is 10.5. The summed E-state index contributed by atoms with van der Waals surface area (Å²) in [6.45, 7) is 0.271. The van der Waals surface area contributed by atoms with E-state index >= 15 is 0 Å². The van der Waals surface area contributed by atoms with Crippen LogP contribution in [0, 0.1) is 0 Å². The molecule has 0 unspecified atom stereocenters. The third kappa shape index (κ3) is 6.88. The SMILES string of the molecule is COc1ccc(N(Cc2ccc(C(=O)NNC(=O)C(F)F)cc2)C(=O)N2CCS(=O)(=O)CC2)cc1. The molecule has 1 aliphatic heterocycles. The van der Waals surface area contributed by atoms with Gasteiger partial charge in [-0.2, -0.15) is 8.78 Å². The van der Waals surface area contributed by atoms with Crippen molar-refractivity contribution in [2.45, 2.75) is 13.0 Å². The number of ether oxygens (including phenoxy) is 1. The Morgan fingerprint density at radius 1 is 1.00 bits per heavy atom. The first-order valence-corrected chi connectivity index (χ1v) is 12.3. The summed E-state index contributed by atoms with van der Waals surface area (Å²) in [5, 5.41) is 0. The van der Waals surface area contributed by atoms with Crippen molar-refractivity contribution < 1.29 is 36.3 Å². The first kappa shape index (κ1) is 25.9. The maximum absolute atomic E-state index is 13.3. The van der Waals surface area contributed by atoms with Gasteiger partial charge in [0.15, 0.2) is 9.84 Å². The molecule has 0 atom stereocenters. The standard InChI is InChI=1S/C22H24F2N4O6S/c1-34-18-8-6-17(7-9-18)28(22(31)27-10-12-35(32,33)13-11-27)14-15-2-4-16(5-3-15)20(29)25-26-21(30)19(23)24/h2-9,19H,10-14H2,1H3,(H,25,29)(H,26,30). The summed E-state index contributed by atoms with van der Waals surface area (Å²) in [5.41, 5.74) is 4.81. The van der Waals surface area contributed by atoms with Crippen molar-refractivity contribution in [3.63, 3.8) is 0 Å². The molecule has 4 amide bonds. The molecule has 0 aliphatic carbocycles. The molecule has 0 bridgehead atoms. The van der Waals surface area contributed by atoms with Gasteiger partial charge < -0.3 is 9.64 Å². The minimum atomic E-state index is -3.26. The second-order valence-electron chi connectivity index (χ2n) is 7.65. The van der Waals surface area contributed by atoms with Gasteiger partial charge in [0.2, 0.25) is 0 Å². The zero-order chi connectivity index (χ0) is 25.6. The summed E-state index contributed by atoms with van der Waals surface area (Å²) in [5.74, 6) is -2.04. The van der Waals surface area contributed by atoms with Crippen molar-refractivity contribution in [2.24, 2.45) is 0 Å². The minimum Gasteiger partial charge on any atom is -0.497 e. The molecule has 10 nitrogen and oxygen atoms in total. The minimum absolute atomic E-state index is 0.0806. The quantitative estimate of drug-likeness (QED) is 0.569. The van der Waals surface area contributed by atoms with Crippen LogP contribution in [0.2, 0.25) is 0 Å². The highest BCUT2D eigenvalue weighted by molar-refractivity contribution is 7.91. The number of hydrazine groups is 1. The number of nitrogens with zero attached hydrogens (tertiary/aromatic N) is 2. The summed E-state index contributed by atoms with van der Waals surface area (Å²) in [6.07, 6.45) is -3.26. The zero-order valence-electron chi connectivity index (χ0n) is 18.7. The Hall–Kier alpha value is -3.74. The lowest BCUT2D eigenvalue weighted by atomic mass is 10.1. The number of hydrogen-bond donors (Lipinski definition) is 2. The number of carbonyl (C=O) groups excluding carboxylic acids is 3. The van der Waals surface area contributed by atoms with Gasteiger partial charge in [0, 0.05) is 24.3 Å². The number of amides is 4. The van der Waals surface area contributed by atoms with E-state index in [1.54, 1.807) is 41.8 Å². The maximum atomic E-state index is 13.3. The van der Waals surface area contributed by atoms with E-state index in [2.05, 4.69) is 0 Å². The van der Waals surface area contributed by atoms with E-state index in [9.17, 15) is 31.6 Å². The van der Waals surface area contributed by atoms with E-state index in [1.807, 2.05) is 5.43 Å². The van der Waals surface area contributed by atoms with E-state index in [4.69, 9.17) is 4.74 Å². The smallest absolute Gasteiger partial charge is 0.324 e. The van der Waals surface area contributed by atoms with Crippen LogP contribution in [0.4, 0.5) is 19.3 Å². The Balaban J connectivity index is 1.76. The third-order valence-corrected chi connectivity index (χ3v) is 6.89. The Labute approximate surface area is 200 Å². The largest absolute Gasteiger partial charge is 0.497 e. The molecule has 0 radical (unpaired) electrons. The number of benzene rings is 2. The molecule has 1 fully saturated rings. The summed E-state index contributed by atoms with van der Waals surface area (Å²) in [7, 11) is -1.65. The zero-order valence-corrected chi connectivity index (χ0v) is 19.6. The highest BCUT2D eigenvalue weighted by Crippen LogP contribution is 2.23. The number of urea groups is 1. The third-order valence-electron chi connectivity index (χ3n) is 5.28. The van der Waals surface area contributed by atoms with Crippen LogP contribution in [-0.2, 0) is 21.2 Å². The number of carbonyl (C=O) groups is 3. The highest BCUT2D eigenvalue weighted by Gasteiger charge is 2.29. The average Bonchev–Trinajstić information content (AvgIpc) is 2.85. The van der Waals surface area contributed by atoms with Crippen LogP contribution < -0.4 is 20.5 Å². The molecule has 0 aromatic heterocycles. The van der Waals surface area contributed by atoms with Gasteiger partial charge in [0.05, 0.1) is 25.2 Å². The number of hydrogen-bond acceptors (Lipinski definition) is 6. The van der Waals surface area contributed by atoms with Gasteiger partial charge in [-0.05, 0) is 42.0 Å².